The number of halogens is 3. The lowest BCUT2D eigenvalue weighted by Gasteiger charge is -2.11. The second kappa shape index (κ2) is 4.04. The van der Waals surface area contributed by atoms with Gasteiger partial charge in [-0.15, -0.1) is 0 Å². The van der Waals surface area contributed by atoms with Gasteiger partial charge in [-0.25, -0.2) is 0 Å². The molecular formula is C12H12F3N3. The van der Waals surface area contributed by atoms with Gasteiger partial charge in [0.1, 0.15) is 5.82 Å². The number of hydrogen-bond donors (Lipinski definition) is 1. The summed E-state index contributed by atoms with van der Waals surface area (Å²) in [6.45, 7) is 1.66. The Morgan fingerprint density at radius 1 is 1.22 bits per heavy atom. The van der Waals surface area contributed by atoms with Crippen LogP contribution in [0.25, 0.3) is 11.3 Å². The van der Waals surface area contributed by atoms with Gasteiger partial charge >= 0.3 is 6.18 Å². The Morgan fingerprint density at radius 2 is 1.83 bits per heavy atom. The van der Waals surface area contributed by atoms with Crippen molar-refractivity contribution in [1.29, 1.82) is 0 Å². The van der Waals surface area contributed by atoms with E-state index in [0.717, 1.165) is 6.07 Å². The van der Waals surface area contributed by atoms with Crippen LogP contribution in [0.1, 0.15) is 11.1 Å². The van der Waals surface area contributed by atoms with Crippen molar-refractivity contribution in [2.45, 2.75) is 13.1 Å². The standard InChI is InChI=1S/C12H12F3N3/c1-7-10(17-18(2)11(7)16)8-5-3-4-6-9(8)12(13,14)15/h3-6H,16H2,1-2H3. The molecule has 0 fully saturated rings. The average molecular weight is 255 g/mol. The molecule has 0 amide bonds. The van der Waals surface area contributed by atoms with E-state index in [1.807, 2.05) is 0 Å². The molecule has 2 rings (SSSR count). The van der Waals surface area contributed by atoms with Crippen molar-refractivity contribution < 1.29 is 13.2 Å². The Morgan fingerprint density at radius 3 is 2.33 bits per heavy atom. The average Bonchev–Trinajstić information content (AvgIpc) is 2.56. The summed E-state index contributed by atoms with van der Waals surface area (Å²) in [6, 6.07) is 5.35. The maximum Gasteiger partial charge on any atom is 0.417 e. The Hall–Kier alpha value is -1.98. The van der Waals surface area contributed by atoms with Crippen molar-refractivity contribution in [2.75, 3.05) is 5.73 Å². The second-order valence-electron chi connectivity index (χ2n) is 4.03. The zero-order valence-corrected chi connectivity index (χ0v) is 9.92. The van der Waals surface area contributed by atoms with Crippen molar-refractivity contribution >= 4 is 5.82 Å². The molecule has 0 unspecified atom stereocenters. The van der Waals surface area contributed by atoms with Crippen LogP contribution in [-0.2, 0) is 13.2 Å². The highest BCUT2D eigenvalue weighted by molar-refractivity contribution is 5.71. The molecule has 0 aliphatic heterocycles. The summed E-state index contributed by atoms with van der Waals surface area (Å²) in [5, 5.41) is 4.05. The highest BCUT2D eigenvalue weighted by atomic mass is 19.4. The molecule has 18 heavy (non-hydrogen) atoms. The van der Waals surface area contributed by atoms with E-state index >= 15 is 0 Å². The van der Waals surface area contributed by atoms with E-state index in [1.165, 1.54) is 16.8 Å². The van der Waals surface area contributed by atoms with E-state index in [9.17, 15) is 13.2 Å². The number of aromatic nitrogens is 2. The van der Waals surface area contributed by atoms with Gasteiger partial charge < -0.3 is 5.73 Å². The highest BCUT2D eigenvalue weighted by Crippen LogP contribution is 2.38. The lowest BCUT2D eigenvalue weighted by atomic mass is 10.0. The first-order valence-electron chi connectivity index (χ1n) is 5.28. The van der Waals surface area contributed by atoms with E-state index in [0.29, 0.717) is 11.4 Å². The fourth-order valence-corrected chi connectivity index (χ4v) is 1.84. The zero-order valence-electron chi connectivity index (χ0n) is 9.92. The van der Waals surface area contributed by atoms with Crippen LogP contribution in [0.5, 0.6) is 0 Å². The molecule has 0 aliphatic carbocycles. The van der Waals surface area contributed by atoms with Crippen molar-refractivity contribution in [3.05, 3.63) is 35.4 Å². The van der Waals surface area contributed by atoms with Crippen LogP contribution in [0.2, 0.25) is 0 Å². The van der Waals surface area contributed by atoms with Crippen molar-refractivity contribution in [1.82, 2.24) is 9.78 Å². The van der Waals surface area contributed by atoms with Crippen LogP contribution < -0.4 is 5.73 Å². The van der Waals surface area contributed by atoms with E-state index in [2.05, 4.69) is 5.10 Å². The lowest BCUT2D eigenvalue weighted by molar-refractivity contribution is -0.137. The van der Waals surface area contributed by atoms with Gasteiger partial charge in [0.25, 0.3) is 0 Å². The molecule has 0 spiro atoms. The molecule has 96 valence electrons. The first-order chi connectivity index (χ1) is 8.32. The van der Waals surface area contributed by atoms with Crippen molar-refractivity contribution in [3.8, 4) is 11.3 Å². The van der Waals surface area contributed by atoms with Crippen LogP contribution in [0.4, 0.5) is 19.0 Å². The molecule has 6 heteroatoms. The number of alkyl halides is 3. The third kappa shape index (κ3) is 1.94. The highest BCUT2D eigenvalue weighted by Gasteiger charge is 2.34. The third-order valence-corrected chi connectivity index (χ3v) is 2.83. The SMILES string of the molecule is Cc1c(-c2ccccc2C(F)(F)F)nn(C)c1N. The van der Waals surface area contributed by atoms with Gasteiger partial charge in [0, 0.05) is 18.2 Å². The van der Waals surface area contributed by atoms with Gasteiger partial charge in [-0.05, 0) is 13.0 Å². The van der Waals surface area contributed by atoms with E-state index in [1.54, 1.807) is 20.0 Å². The number of nitrogen functional groups attached to an aromatic ring is 1. The fraction of sp³-hybridized carbons (Fsp3) is 0.250. The maximum absolute atomic E-state index is 12.9. The van der Waals surface area contributed by atoms with Crippen LogP contribution in [0, 0.1) is 6.92 Å². The van der Waals surface area contributed by atoms with Crippen LogP contribution in [0.3, 0.4) is 0 Å². The Bertz CT molecular complexity index is 585. The number of rotatable bonds is 1. The molecule has 1 aromatic carbocycles. The lowest BCUT2D eigenvalue weighted by Crippen LogP contribution is -2.07. The molecular weight excluding hydrogens is 243 g/mol. The topological polar surface area (TPSA) is 43.8 Å². The minimum absolute atomic E-state index is 0.0507. The summed E-state index contributed by atoms with van der Waals surface area (Å²) >= 11 is 0. The summed E-state index contributed by atoms with van der Waals surface area (Å²) < 4.78 is 40.1. The smallest absolute Gasteiger partial charge is 0.384 e. The molecule has 2 aromatic rings. The number of hydrogen-bond acceptors (Lipinski definition) is 2. The van der Waals surface area contributed by atoms with Gasteiger partial charge in [-0.2, -0.15) is 18.3 Å². The molecule has 3 nitrogen and oxygen atoms in total. The van der Waals surface area contributed by atoms with E-state index in [-0.39, 0.29) is 11.3 Å². The molecule has 0 bridgehead atoms. The molecule has 1 aromatic heterocycles. The number of aryl methyl sites for hydroxylation is 1. The summed E-state index contributed by atoms with van der Waals surface area (Å²) in [6.07, 6.45) is -4.41. The molecule has 0 aliphatic rings. The van der Waals surface area contributed by atoms with Gasteiger partial charge in [0.05, 0.1) is 11.3 Å². The molecule has 0 atom stereocenters. The predicted octanol–water partition coefficient (Wildman–Crippen LogP) is 3.00. The molecule has 0 saturated carbocycles. The minimum atomic E-state index is -4.41. The van der Waals surface area contributed by atoms with Crippen molar-refractivity contribution in [3.63, 3.8) is 0 Å². The largest absolute Gasteiger partial charge is 0.417 e. The number of nitrogens with zero attached hydrogens (tertiary/aromatic N) is 2. The van der Waals surface area contributed by atoms with Gasteiger partial charge in [-0.1, -0.05) is 18.2 Å². The Balaban J connectivity index is 2.68. The molecule has 2 N–H and O–H groups in total. The maximum atomic E-state index is 12.9. The van der Waals surface area contributed by atoms with Gasteiger partial charge in [0.2, 0.25) is 0 Å². The number of nitrogens with two attached hydrogens (primary N) is 1. The predicted molar refractivity (Wildman–Crippen MR) is 62.8 cm³/mol. The fourth-order valence-electron chi connectivity index (χ4n) is 1.84. The third-order valence-electron chi connectivity index (χ3n) is 2.83. The minimum Gasteiger partial charge on any atom is -0.384 e. The van der Waals surface area contributed by atoms with Gasteiger partial charge in [0.15, 0.2) is 0 Å². The second-order valence-corrected chi connectivity index (χ2v) is 4.03. The Kier molecular flexibility index (Phi) is 2.80. The first kappa shape index (κ1) is 12.5. The molecule has 0 radical (unpaired) electrons. The van der Waals surface area contributed by atoms with Crippen LogP contribution >= 0.6 is 0 Å². The van der Waals surface area contributed by atoms with Crippen LogP contribution in [0.15, 0.2) is 24.3 Å². The molecule has 1 heterocycles. The quantitative estimate of drug-likeness (QED) is 0.851. The monoisotopic (exact) mass is 255 g/mol. The van der Waals surface area contributed by atoms with Crippen molar-refractivity contribution in [2.24, 2.45) is 7.05 Å². The Labute approximate surface area is 102 Å². The first-order valence-corrected chi connectivity index (χ1v) is 5.28. The van der Waals surface area contributed by atoms with Crippen LogP contribution in [-0.4, -0.2) is 9.78 Å². The zero-order chi connectivity index (χ0) is 13.5. The summed E-state index contributed by atoms with van der Waals surface area (Å²) in [7, 11) is 1.60. The summed E-state index contributed by atoms with van der Waals surface area (Å²) in [5.74, 6) is 0.363. The number of benzene rings is 1. The van der Waals surface area contributed by atoms with Gasteiger partial charge in [-0.3, -0.25) is 4.68 Å². The number of anilines is 1. The molecule has 0 saturated heterocycles. The van der Waals surface area contributed by atoms with E-state index < -0.39 is 11.7 Å². The van der Waals surface area contributed by atoms with E-state index in [4.69, 9.17) is 5.73 Å². The summed E-state index contributed by atoms with van der Waals surface area (Å²) in [4.78, 5) is 0. The summed E-state index contributed by atoms with van der Waals surface area (Å²) in [5.41, 5.74) is 5.88. The normalized spacial score (nSPS) is 11.8.